The van der Waals surface area contributed by atoms with Gasteiger partial charge < -0.3 is 9.52 Å². The van der Waals surface area contributed by atoms with E-state index in [4.69, 9.17) is 9.52 Å². The molecule has 0 bridgehead atoms. The molecule has 0 atom stereocenters. The molecule has 1 heterocycles. The second-order valence-corrected chi connectivity index (χ2v) is 4.34. The molecule has 0 saturated carbocycles. The lowest BCUT2D eigenvalue weighted by atomic mass is 10.1. The molecule has 0 unspecified atom stereocenters. The van der Waals surface area contributed by atoms with Crippen molar-refractivity contribution in [1.29, 1.82) is 0 Å². The Balaban J connectivity index is 2.12. The van der Waals surface area contributed by atoms with Crippen LogP contribution in [0.25, 0.3) is 21.9 Å². The van der Waals surface area contributed by atoms with Crippen LogP contribution in [0.5, 0.6) is 0 Å². The molecule has 1 N–H and O–H groups in total. The summed E-state index contributed by atoms with van der Waals surface area (Å²) in [7, 11) is 0. The van der Waals surface area contributed by atoms with Gasteiger partial charge in [-0.1, -0.05) is 18.2 Å². The number of rotatable bonds is 3. The van der Waals surface area contributed by atoms with Gasteiger partial charge in [0, 0.05) is 22.4 Å². The molecule has 0 aliphatic heterocycles. The van der Waals surface area contributed by atoms with Crippen molar-refractivity contribution in [1.82, 2.24) is 0 Å². The summed E-state index contributed by atoms with van der Waals surface area (Å²) in [5.74, 6) is -1.49. The van der Waals surface area contributed by atoms with E-state index in [2.05, 4.69) is 0 Å². The van der Waals surface area contributed by atoms with E-state index >= 15 is 0 Å². The lowest BCUT2D eigenvalue weighted by molar-refractivity contribution is -0.131. The van der Waals surface area contributed by atoms with Gasteiger partial charge in [0.15, 0.2) is 5.78 Å². The van der Waals surface area contributed by atoms with Crippen molar-refractivity contribution < 1.29 is 19.1 Å². The quantitative estimate of drug-likeness (QED) is 0.582. The number of carboxylic acids is 1. The van der Waals surface area contributed by atoms with Gasteiger partial charge in [0.1, 0.15) is 11.2 Å². The summed E-state index contributed by atoms with van der Waals surface area (Å²) < 4.78 is 5.66. The standard InChI is InChI=1S/C16H10O4/c17-13(6-8-16(18)19)10-5-7-15-12(9-10)11-3-1-2-4-14(11)20-15/h1-9H,(H,18,19). The van der Waals surface area contributed by atoms with Gasteiger partial charge in [0.05, 0.1) is 0 Å². The fraction of sp³-hybridized carbons (Fsp3) is 0. The Morgan fingerprint density at radius 3 is 2.50 bits per heavy atom. The number of hydrogen-bond donors (Lipinski definition) is 1. The number of carbonyl (C=O) groups is 2. The normalized spacial score (nSPS) is 11.4. The van der Waals surface area contributed by atoms with Crippen LogP contribution in [0.4, 0.5) is 0 Å². The topological polar surface area (TPSA) is 67.5 Å². The van der Waals surface area contributed by atoms with Crippen LogP contribution in [-0.2, 0) is 4.79 Å². The highest BCUT2D eigenvalue weighted by Crippen LogP contribution is 2.29. The summed E-state index contributed by atoms with van der Waals surface area (Å²) >= 11 is 0. The van der Waals surface area contributed by atoms with E-state index in [1.165, 1.54) is 0 Å². The molecule has 4 nitrogen and oxygen atoms in total. The number of allylic oxidation sites excluding steroid dienone is 1. The number of carboxylic acid groups (broad SMARTS) is 1. The van der Waals surface area contributed by atoms with Crippen molar-refractivity contribution in [3.63, 3.8) is 0 Å². The summed E-state index contributed by atoms with van der Waals surface area (Å²) in [5, 5.41) is 10.3. The highest BCUT2D eigenvalue weighted by molar-refractivity contribution is 6.12. The van der Waals surface area contributed by atoms with Gasteiger partial charge in [-0.25, -0.2) is 4.79 Å². The summed E-state index contributed by atoms with van der Waals surface area (Å²) in [6, 6.07) is 12.6. The van der Waals surface area contributed by atoms with E-state index in [9.17, 15) is 9.59 Å². The Hall–Kier alpha value is -2.88. The monoisotopic (exact) mass is 266 g/mol. The van der Waals surface area contributed by atoms with Crippen molar-refractivity contribution in [2.24, 2.45) is 0 Å². The summed E-state index contributed by atoms with van der Waals surface area (Å²) in [6.07, 6.45) is 1.88. The Morgan fingerprint density at radius 2 is 1.70 bits per heavy atom. The fourth-order valence-corrected chi connectivity index (χ4v) is 2.12. The fourth-order valence-electron chi connectivity index (χ4n) is 2.12. The maximum atomic E-state index is 11.9. The molecule has 1 aromatic heterocycles. The number of benzene rings is 2. The first-order valence-corrected chi connectivity index (χ1v) is 6.02. The predicted molar refractivity (Wildman–Crippen MR) is 74.8 cm³/mol. The zero-order chi connectivity index (χ0) is 14.1. The van der Waals surface area contributed by atoms with E-state index in [1.807, 2.05) is 24.3 Å². The Kier molecular flexibility index (Phi) is 2.84. The third-order valence-electron chi connectivity index (χ3n) is 3.04. The number of hydrogen-bond acceptors (Lipinski definition) is 3. The number of carbonyl (C=O) groups excluding carboxylic acids is 1. The van der Waals surface area contributed by atoms with Crippen LogP contribution in [0.1, 0.15) is 10.4 Å². The largest absolute Gasteiger partial charge is 0.478 e. The van der Waals surface area contributed by atoms with E-state index in [-0.39, 0.29) is 5.78 Å². The molecule has 20 heavy (non-hydrogen) atoms. The van der Waals surface area contributed by atoms with E-state index < -0.39 is 5.97 Å². The van der Waals surface area contributed by atoms with Gasteiger partial charge in [-0.15, -0.1) is 0 Å². The molecule has 98 valence electrons. The molecule has 0 saturated heterocycles. The zero-order valence-electron chi connectivity index (χ0n) is 10.4. The van der Waals surface area contributed by atoms with Crippen LogP contribution in [0.3, 0.4) is 0 Å². The van der Waals surface area contributed by atoms with Gasteiger partial charge >= 0.3 is 5.97 Å². The van der Waals surface area contributed by atoms with Crippen molar-refractivity contribution in [2.45, 2.75) is 0 Å². The highest BCUT2D eigenvalue weighted by Gasteiger charge is 2.09. The third-order valence-corrected chi connectivity index (χ3v) is 3.04. The van der Waals surface area contributed by atoms with Crippen LogP contribution in [0.15, 0.2) is 59.0 Å². The maximum Gasteiger partial charge on any atom is 0.328 e. The van der Waals surface area contributed by atoms with Gasteiger partial charge in [-0.2, -0.15) is 0 Å². The van der Waals surface area contributed by atoms with Crippen LogP contribution >= 0.6 is 0 Å². The van der Waals surface area contributed by atoms with Crippen molar-refractivity contribution >= 4 is 33.7 Å². The van der Waals surface area contributed by atoms with Crippen LogP contribution < -0.4 is 0 Å². The zero-order valence-corrected chi connectivity index (χ0v) is 10.4. The minimum atomic E-state index is -1.15. The molecular formula is C16H10O4. The number of para-hydroxylation sites is 1. The lowest BCUT2D eigenvalue weighted by Gasteiger charge is -1.95. The maximum absolute atomic E-state index is 11.9. The molecular weight excluding hydrogens is 256 g/mol. The first-order valence-electron chi connectivity index (χ1n) is 6.02. The van der Waals surface area contributed by atoms with E-state index in [0.717, 1.165) is 28.5 Å². The first-order chi connectivity index (χ1) is 9.65. The molecule has 3 aromatic rings. The van der Waals surface area contributed by atoms with Gasteiger partial charge in [0.2, 0.25) is 0 Å². The molecule has 0 radical (unpaired) electrons. The number of aliphatic carboxylic acids is 1. The third kappa shape index (κ3) is 2.07. The summed E-state index contributed by atoms with van der Waals surface area (Å²) in [5.41, 5.74) is 1.89. The first kappa shape index (κ1) is 12.2. The molecule has 3 rings (SSSR count). The minimum absolute atomic E-state index is 0.348. The molecule has 0 fully saturated rings. The minimum Gasteiger partial charge on any atom is -0.478 e. The van der Waals surface area contributed by atoms with E-state index in [1.54, 1.807) is 18.2 Å². The molecule has 0 spiro atoms. The molecule has 0 aliphatic rings. The average molecular weight is 266 g/mol. The summed E-state index contributed by atoms with van der Waals surface area (Å²) in [6.45, 7) is 0. The average Bonchev–Trinajstić information content (AvgIpc) is 2.82. The van der Waals surface area contributed by atoms with Crippen LogP contribution in [0, 0.1) is 0 Å². The predicted octanol–water partition coefficient (Wildman–Crippen LogP) is 3.41. The SMILES string of the molecule is O=C(O)C=CC(=O)c1ccc2oc3ccccc3c2c1. The highest BCUT2D eigenvalue weighted by atomic mass is 16.4. The Morgan fingerprint density at radius 1 is 0.950 bits per heavy atom. The smallest absolute Gasteiger partial charge is 0.328 e. The number of fused-ring (bicyclic) bond motifs is 3. The summed E-state index contributed by atoms with van der Waals surface area (Å²) in [4.78, 5) is 22.3. The van der Waals surface area contributed by atoms with Gasteiger partial charge in [0.25, 0.3) is 0 Å². The second-order valence-electron chi connectivity index (χ2n) is 4.34. The van der Waals surface area contributed by atoms with Crippen molar-refractivity contribution in [3.8, 4) is 0 Å². The molecule has 4 heteroatoms. The number of furan rings is 1. The number of ketones is 1. The second kappa shape index (κ2) is 4.66. The van der Waals surface area contributed by atoms with Crippen LogP contribution in [0.2, 0.25) is 0 Å². The lowest BCUT2D eigenvalue weighted by Crippen LogP contribution is -1.96. The van der Waals surface area contributed by atoms with Gasteiger partial charge in [-0.3, -0.25) is 4.79 Å². The Bertz CT molecular complexity index is 855. The van der Waals surface area contributed by atoms with Gasteiger partial charge in [-0.05, 0) is 30.3 Å². The van der Waals surface area contributed by atoms with Crippen molar-refractivity contribution in [3.05, 3.63) is 60.2 Å². The molecule has 2 aromatic carbocycles. The Labute approximate surface area is 113 Å². The van der Waals surface area contributed by atoms with E-state index in [0.29, 0.717) is 11.1 Å². The van der Waals surface area contributed by atoms with Crippen molar-refractivity contribution in [2.75, 3.05) is 0 Å². The van der Waals surface area contributed by atoms with Crippen LogP contribution in [-0.4, -0.2) is 16.9 Å². The molecule has 0 amide bonds. The molecule has 0 aliphatic carbocycles.